The Balaban J connectivity index is 2.43. The van der Waals surface area contributed by atoms with E-state index in [1.165, 1.54) is 0 Å². The number of hydrogen-bond acceptors (Lipinski definition) is 2. The van der Waals surface area contributed by atoms with Crippen molar-refractivity contribution in [3.05, 3.63) is 34.4 Å². The van der Waals surface area contributed by atoms with E-state index in [1.54, 1.807) is 0 Å². The fourth-order valence-corrected chi connectivity index (χ4v) is 2.26. The van der Waals surface area contributed by atoms with Crippen molar-refractivity contribution in [2.45, 2.75) is 12.5 Å². The van der Waals surface area contributed by atoms with Gasteiger partial charge in [0.2, 0.25) is 0 Å². The number of halogens is 1. The van der Waals surface area contributed by atoms with E-state index < -0.39 is 12.0 Å². The van der Waals surface area contributed by atoms with Crippen LogP contribution in [0.4, 0.5) is 0 Å². The van der Waals surface area contributed by atoms with Gasteiger partial charge in [-0.15, -0.1) is 0 Å². The topological polar surface area (TPSA) is 79.1 Å². The molecule has 84 valence electrons. The van der Waals surface area contributed by atoms with Crippen LogP contribution in [0.1, 0.15) is 5.56 Å². The van der Waals surface area contributed by atoms with Crippen molar-refractivity contribution < 1.29 is 9.90 Å². The van der Waals surface area contributed by atoms with Crippen LogP contribution in [0.5, 0.6) is 0 Å². The van der Waals surface area contributed by atoms with Gasteiger partial charge in [-0.05, 0) is 27.6 Å². The van der Waals surface area contributed by atoms with E-state index in [4.69, 9.17) is 10.8 Å². The fourth-order valence-electron chi connectivity index (χ4n) is 1.67. The van der Waals surface area contributed by atoms with Gasteiger partial charge in [-0.2, -0.15) is 0 Å². The number of para-hydroxylation sites is 1. The van der Waals surface area contributed by atoms with Gasteiger partial charge in [-0.3, -0.25) is 4.79 Å². The second-order valence-corrected chi connectivity index (χ2v) is 4.40. The highest BCUT2D eigenvalue weighted by atomic mass is 79.9. The molecule has 2 rings (SSSR count). The summed E-state index contributed by atoms with van der Waals surface area (Å²) in [6, 6.07) is 6.84. The summed E-state index contributed by atoms with van der Waals surface area (Å²) in [7, 11) is 0. The van der Waals surface area contributed by atoms with Gasteiger partial charge in [0.1, 0.15) is 6.04 Å². The van der Waals surface area contributed by atoms with Gasteiger partial charge in [0.25, 0.3) is 0 Å². The molecular formula is C11H11BrN2O2. The average molecular weight is 283 g/mol. The Morgan fingerprint density at radius 3 is 2.88 bits per heavy atom. The third kappa shape index (κ3) is 1.96. The molecule has 2 aromatic rings. The highest BCUT2D eigenvalue weighted by molar-refractivity contribution is 9.10. The van der Waals surface area contributed by atoms with E-state index in [1.807, 2.05) is 24.3 Å². The molecule has 0 fully saturated rings. The second-order valence-electron chi connectivity index (χ2n) is 3.61. The molecule has 0 amide bonds. The summed E-state index contributed by atoms with van der Waals surface area (Å²) in [6.45, 7) is 0. The molecule has 0 aliphatic carbocycles. The molecule has 0 spiro atoms. The number of aromatic amines is 1. The first kappa shape index (κ1) is 11.2. The van der Waals surface area contributed by atoms with Crippen molar-refractivity contribution in [1.82, 2.24) is 4.98 Å². The van der Waals surface area contributed by atoms with Crippen molar-refractivity contribution in [2.24, 2.45) is 5.73 Å². The summed E-state index contributed by atoms with van der Waals surface area (Å²) >= 11 is 3.38. The van der Waals surface area contributed by atoms with Gasteiger partial charge in [0, 0.05) is 17.3 Å². The van der Waals surface area contributed by atoms with Crippen LogP contribution >= 0.6 is 15.9 Å². The van der Waals surface area contributed by atoms with Crippen molar-refractivity contribution in [1.29, 1.82) is 0 Å². The number of benzene rings is 1. The first-order valence-electron chi connectivity index (χ1n) is 4.83. The normalized spacial score (nSPS) is 12.9. The zero-order valence-corrected chi connectivity index (χ0v) is 9.99. The van der Waals surface area contributed by atoms with E-state index in [0.29, 0.717) is 6.42 Å². The number of H-pyrrole nitrogens is 1. The Kier molecular flexibility index (Phi) is 2.98. The van der Waals surface area contributed by atoms with Crippen LogP contribution in [0, 0.1) is 0 Å². The number of aromatic nitrogens is 1. The molecule has 0 saturated carbocycles. The molecule has 1 atom stereocenters. The van der Waals surface area contributed by atoms with Crippen LogP contribution in [0.15, 0.2) is 28.9 Å². The van der Waals surface area contributed by atoms with Gasteiger partial charge < -0.3 is 15.8 Å². The van der Waals surface area contributed by atoms with Crippen molar-refractivity contribution in [3.8, 4) is 0 Å². The Morgan fingerprint density at radius 1 is 1.50 bits per heavy atom. The molecule has 0 aliphatic rings. The minimum atomic E-state index is -0.989. The molecule has 1 heterocycles. The molecule has 0 radical (unpaired) electrons. The molecule has 0 aliphatic heterocycles. The lowest BCUT2D eigenvalue weighted by molar-refractivity contribution is -0.138. The van der Waals surface area contributed by atoms with Gasteiger partial charge >= 0.3 is 5.97 Å². The van der Waals surface area contributed by atoms with E-state index in [-0.39, 0.29) is 0 Å². The summed E-state index contributed by atoms with van der Waals surface area (Å²) < 4.78 is 0.797. The first-order chi connectivity index (χ1) is 7.59. The highest BCUT2D eigenvalue weighted by Gasteiger charge is 2.17. The molecule has 0 bridgehead atoms. The Hall–Kier alpha value is -1.33. The lowest BCUT2D eigenvalue weighted by atomic mass is 10.1. The average Bonchev–Trinajstić information content (AvgIpc) is 2.55. The van der Waals surface area contributed by atoms with Crippen molar-refractivity contribution >= 4 is 32.8 Å². The number of nitrogens with two attached hydrogens (primary N) is 1. The summed E-state index contributed by atoms with van der Waals surface area (Å²) in [5.41, 5.74) is 7.42. The second kappa shape index (κ2) is 4.27. The molecule has 5 heteroatoms. The Labute approximate surface area is 101 Å². The molecule has 4 N–H and O–H groups in total. The quantitative estimate of drug-likeness (QED) is 0.804. The molecule has 1 aromatic heterocycles. The Morgan fingerprint density at radius 2 is 2.19 bits per heavy atom. The number of aliphatic carboxylic acids is 1. The van der Waals surface area contributed by atoms with Crippen molar-refractivity contribution in [3.63, 3.8) is 0 Å². The maximum atomic E-state index is 10.7. The zero-order chi connectivity index (χ0) is 11.7. The lowest BCUT2D eigenvalue weighted by Gasteiger charge is -2.05. The van der Waals surface area contributed by atoms with Crippen LogP contribution in [-0.4, -0.2) is 22.1 Å². The number of carbonyl (C=O) groups is 1. The monoisotopic (exact) mass is 282 g/mol. The smallest absolute Gasteiger partial charge is 0.320 e. The number of carboxylic acids is 1. The van der Waals surface area contributed by atoms with Gasteiger partial charge in [0.05, 0.1) is 4.60 Å². The predicted molar refractivity (Wildman–Crippen MR) is 65.3 cm³/mol. The number of hydrogen-bond donors (Lipinski definition) is 3. The number of carboxylic acid groups (broad SMARTS) is 1. The first-order valence-corrected chi connectivity index (χ1v) is 5.62. The fraction of sp³-hybridized carbons (Fsp3) is 0.182. The maximum absolute atomic E-state index is 10.7. The minimum Gasteiger partial charge on any atom is -0.480 e. The van der Waals surface area contributed by atoms with Gasteiger partial charge in [-0.1, -0.05) is 18.2 Å². The van der Waals surface area contributed by atoms with E-state index in [2.05, 4.69) is 20.9 Å². The third-order valence-corrected chi connectivity index (χ3v) is 3.18. The summed E-state index contributed by atoms with van der Waals surface area (Å²) in [4.78, 5) is 13.9. The van der Waals surface area contributed by atoms with Crippen LogP contribution in [0.3, 0.4) is 0 Å². The maximum Gasteiger partial charge on any atom is 0.320 e. The Bertz CT molecular complexity index is 536. The summed E-state index contributed by atoms with van der Waals surface area (Å²) in [5.74, 6) is -0.989. The SMILES string of the molecule is N[C@@H](Cc1c(Br)[nH]c2ccccc12)C(=O)O. The van der Waals surface area contributed by atoms with Crippen molar-refractivity contribution in [2.75, 3.05) is 0 Å². The third-order valence-electron chi connectivity index (χ3n) is 2.50. The van der Waals surface area contributed by atoms with Gasteiger partial charge in [-0.25, -0.2) is 0 Å². The molecule has 4 nitrogen and oxygen atoms in total. The van der Waals surface area contributed by atoms with Crippen LogP contribution in [0.2, 0.25) is 0 Å². The van der Waals surface area contributed by atoms with Gasteiger partial charge in [0.15, 0.2) is 0 Å². The molecule has 0 saturated heterocycles. The van der Waals surface area contributed by atoms with E-state index >= 15 is 0 Å². The van der Waals surface area contributed by atoms with Crippen LogP contribution in [0.25, 0.3) is 10.9 Å². The standard InChI is InChI=1S/C11H11BrN2O2/c12-10-7(5-8(13)11(15)16)6-3-1-2-4-9(6)14-10/h1-4,8,14H,5,13H2,(H,15,16)/t8-/m0/s1. The minimum absolute atomic E-state index is 0.305. The molecular weight excluding hydrogens is 272 g/mol. The van der Waals surface area contributed by atoms with E-state index in [9.17, 15) is 4.79 Å². The summed E-state index contributed by atoms with van der Waals surface area (Å²) in [6.07, 6.45) is 0.305. The molecule has 16 heavy (non-hydrogen) atoms. The number of fused-ring (bicyclic) bond motifs is 1. The zero-order valence-electron chi connectivity index (χ0n) is 8.40. The molecule has 0 unspecified atom stereocenters. The van der Waals surface area contributed by atoms with E-state index in [0.717, 1.165) is 21.1 Å². The number of rotatable bonds is 3. The van der Waals surface area contributed by atoms with Crippen LogP contribution in [-0.2, 0) is 11.2 Å². The lowest BCUT2D eigenvalue weighted by Crippen LogP contribution is -2.32. The van der Waals surface area contributed by atoms with Crippen LogP contribution < -0.4 is 5.73 Å². The predicted octanol–water partition coefficient (Wildman–Crippen LogP) is 1.88. The largest absolute Gasteiger partial charge is 0.480 e. The highest BCUT2D eigenvalue weighted by Crippen LogP contribution is 2.27. The molecule has 1 aromatic carbocycles. The number of nitrogens with one attached hydrogen (secondary N) is 1. The summed E-state index contributed by atoms with van der Waals surface area (Å²) in [5, 5.41) is 9.80.